The first-order valence-corrected chi connectivity index (χ1v) is 8.72. The Morgan fingerprint density at radius 3 is 2.17 bits per heavy atom. The van der Waals surface area contributed by atoms with Crippen molar-refractivity contribution in [2.75, 3.05) is 13.2 Å². The average molecular weight is 325 g/mol. The van der Waals surface area contributed by atoms with E-state index in [1.165, 1.54) is 0 Å². The molecule has 0 amide bonds. The first kappa shape index (κ1) is 21.4. The second-order valence-electron chi connectivity index (χ2n) is 5.91. The highest BCUT2D eigenvalue weighted by Crippen LogP contribution is 2.38. The second-order valence-corrected chi connectivity index (χ2v) is 5.91. The van der Waals surface area contributed by atoms with E-state index < -0.39 is 23.3 Å². The third-order valence-corrected chi connectivity index (χ3v) is 3.95. The molecule has 0 saturated carbocycles. The molecule has 0 N–H and O–H groups in total. The topological polar surface area (TPSA) is 76.4 Å². The van der Waals surface area contributed by atoms with Crippen LogP contribution in [0.1, 0.15) is 72.6 Å². The fraction of sp³-hybridized carbons (Fsp3) is 0.833. The molecule has 5 nitrogen and oxygen atoms in total. The predicted molar refractivity (Wildman–Crippen MR) is 88.5 cm³/mol. The molecular formula is C18H31NO4. The molecule has 0 heterocycles. The fourth-order valence-electron chi connectivity index (χ4n) is 2.87. The van der Waals surface area contributed by atoms with E-state index in [1.54, 1.807) is 13.8 Å². The zero-order valence-electron chi connectivity index (χ0n) is 15.0. The molecule has 5 heteroatoms. The van der Waals surface area contributed by atoms with Crippen LogP contribution >= 0.6 is 0 Å². The SMILES string of the molecule is CCCCC(C#N)(CCC)CC(CC(=O)OCC)C(=O)OCC. The maximum absolute atomic E-state index is 12.2. The Balaban J connectivity index is 5.20. The van der Waals surface area contributed by atoms with Crippen molar-refractivity contribution >= 4 is 11.9 Å². The Labute approximate surface area is 140 Å². The maximum Gasteiger partial charge on any atom is 0.309 e. The quantitative estimate of drug-likeness (QED) is 0.507. The van der Waals surface area contributed by atoms with Crippen LogP contribution < -0.4 is 0 Å². The number of rotatable bonds is 12. The van der Waals surface area contributed by atoms with Gasteiger partial charge in [0.25, 0.3) is 0 Å². The average Bonchev–Trinajstić information content (AvgIpc) is 2.52. The van der Waals surface area contributed by atoms with Crippen LogP contribution in [0, 0.1) is 22.7 Å². The molecule has 0 aliphatic rings. The lowest BCUT2D eigenvalue weighted by Gasteiger charge is -2.29. The van der Waals surface area contributed by atoms with Crippen molar-refractivity contribution < 1.29 is 19.1 Å². The summed E-state index contributed by atoms with van der Waals surface area (Å²) in [6.45, 7) is 8.12. The summed E-state index contributed by atoms with van der Waals surface area (Å²) in [5.74, 6) is -1.44. The fourth-order valence-corrected chi connectivity index (χ4v) is 2.87. The molecule has 0 aromatic carbocycles. The summed E-state index contributed by atoms with van der Waals surface area (Å²) in [6.07, 6.45) is 4.60. The van der Waals surface area contributed by atoms with E-state index in [-0.39, 0.29) is 19.6 Å². The van der Waals surface area contributed by atoms with Gasteiger partial charge in [0.15, 0.2) is 0 Å². The van der Waals surface area contributed by atoms with Crippen LogP contribution in [0.5, 0.6) is 0 Å². The zero-order valence-corrected chi connectivity index (χ0v) is 15.0. The van der Waals surface area contributed by atoms with Crippen LogP contribution in [0.4, 0.5) is 0 Å². The van der Waals surface area contributed by atoms with Gasteiger partial charge in [-0.3, -0.25) is 9.59 Å². The third kappa shape index (κ3) is 8.01. The number of nitriles is 1. The number of ether oxygens (including phenoxy) is 2. The Morgan fingerprint density at radius 1 is 1.04 bits per heavy atom. The van der Waals surface area contributed by atoms with Crippen molar-refractivity contribution in [1.29, 1.82) is 5.26 Å². The van der Waals surface area contributed by atoms with Gasteiger partial charge in [0, 0.05) is 0 Å². The molecule has 0 rings (SSSR count). The molecule has 0 aromatic heterocycles. The highest BCUT2D eigenvalue weighted by molar-refractivity contribution is 5.80. The molecule has 0 aliphatic carbocycles. The molecule has 0 bridgehead atoms. The van der Waals surface area contributed by atoms with E-state index in [0.29, 0.717) is 6.42 Å². The summed E-state index contributed by atoms with van der Waals surface area (Å²) in [6, 6.07) is 2.42. The zero-order chi connectivity index (χ0) is 17.7. The molecule has 132 valence electrons. The number of unbranched alkanes of at least 4 members (excludes halogenated alkanes) is 1. The van der Waals surface area contributed by atoms with Crippen molar-refractivity contribution in [3.05, 3.63) is 0 Å². The lowest BCUT2D eigenvalue weighted by molar-refractivity contribution is -0.155. The summed E-state index contributed by atoms with van der Waals surface area (Å²) in [7, 11) is 0. The monoisotopic (exact) mass is 325 g/mol. The second kappa shape index (κ2) is 11.9. The van der Waals surface area contributed by atoms with Crippen molar-refractivity contribution in [1.82, 2.24) is 0 Å². The van der Waals surface area contributed by atoms with E-state index >= 15 is 0 Å². The Morgan fingerprint density at radius 2 is 1.70 bits per heavy atom. The first-order valence-electron chi connectivity index (χ1n) is 8.72. The van der Waals surface area contributed by atoms with E-state index in [1.807, 2.05) is 6.92 Å². The van der Waals surface area contributed by atoms with E-state index in [9.17, 15) is 14.9 Å². The molecule has 0 spiro atoms. The lowest BCUT2D eigenvalue weighted by Crippen LogP contribution is -2.30. The van der Waals surface area contributed by atoms with Crippen molar-refractivity contribution in [3.63, 3.8) is 0 Å². The lowest BCUT2D eigenvalue weighted by atomic mass is 9.73. The number of carbonyl (C=O) groups is 2. The van der Waals surface area contributed by atoms with Crippen LogP contribution in [0.15, 0.2) is 0 Å². The number of carbonyl (C=O) groups excluding carboxylic acids is 2. The van der Waals surface area contributed by atoms with Crippen molar-refractivity contribution in [2.24, 2.45) is 11.3 Å². The number of hydrogen-bond acceptors (Lipinski definition) is 5. The smallest absolute Gasteiger partial charge is 0.309 e. The molecule has 23 heavy (non-hydrogen) atoms. The molecule has 0 fully saturated rings. The summed E-state index contributed by atoms with van der Waals surface area (Å²) < 4.78 is 10.1. The summed E-state index contributed by atoms with van der Waals surface area (Å²) in [4.78, 5) is 24.0. The first-order chi connectivity index (χ1) is 11.0. The Hall–Kier alpha value is -1.57. The number of hydrogen-bond donors (Lipinski definition) is 0. The van der Waals surface area contributed by atoms with Gasteiger partial charge in [0.05, 0.1) is 37.0 Å². The van der Waals surface area contributed by atoms with E-state index in [2.05, 4.69) is 13.0 Å². The van der Waals surface area contributed by atoms with Gasteiger partial charge in [-0.05, 0) is 33.1 Å². The standard InChI is InChI=1S/C18H31NO4/c1-5-9-11-18(14-19,10-6-2)13-15(17(21)23-8-4)12-16(20)22-7-3/h15H,5-13H2,1-4H3. The van der Waals surface area contributed by atoms with Crippen molar-refractivity contribution in [2.45, 2.75) is 72.6 Å². The van der Waals surface area contributed by atoms with Crippen LogP contribution in [0.25, 0.3) is 0 Å². The van der Waals surface area contributed by atoms with Gasteiger partial charge in [-0.1, -0.05) is 33.1 Å². The van der Waals surface area contributed by atoms with Crippen LogP contribution in [0.3, 0.4) is 0 Å². The maximum atomic E-state index is 12.2. The minimum Gasteiger partial charge on any atom is -0.466 e. The summed E-state index contributed by atoms with van der Waals surface area (Å²) in [5.41, 5.74) is -0.575. The molecule has 0 aliphatic heterocycles. The largest absolute Gasteiger partial charge is 0.466 e. The minimum atomic E-state index is -0.614. The minimum absolute atomic E-state index is 0.0219. The molecule has 2 unspecified atom stereocenters. The van der Waals surface area contributed by atoms with Crippen LogP contribution in [0.2, 0.25) is 0 Å². The summed E-state index contributed by atoms with van der Waals surface area (Å²) >= 11 is 0. The third-order valence-electron chi connectivity index (χ3n) is 3.95. The molecule has 0 aromatic rings. The van der Waals surface area contributed by atoms with Crippen LogP contribution in [-0.2, 0) is 19.1 Å². The van der Waals surface area contributed by atoms with E-state index in [0.717, 1.165) is 32.1 Å². The number of nitrogens with zero attached hydrogens (tertiary/aromatic N) is 1. The van der Waals surface area contributed by atoms with Gasteiger partial charge in [0.1, 0.15) is 0 Å². The van der Waals surface area contributed by atoms with Gasteiger partial charge in [-0.15, -0.1) is 0 Å². The highest BCUT2D eigenvalue weighted by atomic mass is 16.5. The normalized spacial score (nSPS) is 14.4. The molecule has 2 atom stereocenters. The van der Waals surface area contributed by atoms with Gasteiger partial charge < -0.3 is 9.47 Å². The van der Waals surface area contributed by atoms with Gasteiger partial charge in [-0.2, -0.15) is 5.26 Å². The van der Waals surface area contributed by atoms with Crippen LogP contribution in [-0.4, -0.2) is 25.2 Å². The van der Waals surface area contributed by atoms with Gasteiger partial charge in [0.2, 0.25) is 0 Å². The molecule has 0 saturated heterocycles. The van der Waals surface area contributed by atoms with E-state index in [4.69, 9.17) is 9.47 Å². The Bertz CT molecular complexity index is 402. The van der Waals surface area contributed by atoms with Gasteiger partial charge >= 0.3 is 11.9 Å². The number of esters is 2. The molecule has 0 radical (unpaired) electrons. The highest BCUT2D eigenvalue weighted by Gasteiger charge is 2.36. The Kier molecular flexibility index (Phi) is 11.1. The van der Waals surface area contributed by atoms with Gasteiger partial charge in [-0.25, -0.2) is 0 Å². The van der Waals surface area contributed by atoms with Crippen molar-refractivity contribution in [3.8, 4) is 6.07 Å². The predicted octanol–water partition coefficient (Wildman–Crippen LogP) is 4.01. The molecular weight excluding hydrogens is 294 g/mol. The summed E-state index contributed by atoms with van der Waals surface area (Å²) in [5, 5.41) is 9.71.